The van der Waals surface area contributed by atoms with E-state index < -0.39 is 5.97 Å². The van der Waals surface area contributed by atoms with Gasteiger partial charge in [-0.2, -0.15) is 0 Å². The second kappa shape index (κ2) is 6.67. The SMILES string of the molecule is CC(C)OCC1CCCN1C(=O)c1cc(C(=O)O)ccn1. The lowest BCUT2D eigenvalue weighted by molar-refractivity contribution is 0.0323. The summed E-state index contributed by atoms with van der Waals surface area (Å²) in [5, 5.41) is 8.98. The molecule has 21 heavy (non-hydrogen) atoms. The lowest BCUT2D eigenvalue weighted by Gasteiger charge is -2.25. The third kappa shape index (κ3) is 3.78. The van der Waals surface area contributed by atoms with Crippen molar-refractivity contribution in [3.63, 3.8) is 0 Å². The van der Waals surface area contributed by atoms with Crippen molar-refractivity contribution in [2.75, 3.05) is 13.2 Å². The number of pyridine rings is 1. The molecule has 0 aromatic carbocycles. The summed E-state index contributed by atoms with van der Waals surface area (Å²) in [5.74, 6) is -1.29. The normalized spacial score (nSPS) is 18.2. The molecule has 1 aliphatic heterocycles. The second-order valence-corrected chi connectivity index (χ2v) is 5.41. The first-order valence-corrected chi connectivity index (χ1v) is 7.11. The summed E-state index contributed by atoms with van der Waals surface area (Å²) >= 11 is 0. The summed E-state index contributed by atoms with van der Waals surface area (Å²) in [7, 11) is 0. The van der Waals surface area contributed by atoms with Gasteiger partial charge in [0.25, 0.3) is 5.91 Å². The van der Waals surface area contributed by atoms with E-state index in [9.17, 15) is 9.59 Å². The zero-order chi connectivity index (χ0) is 15.4. The van der Waals surface area contributed by atoms with E-state index in [0.717, 1.165) is 12.8 Å². The Morgan fingerprint density at radius 2 is 2.29 bits per heavy atom. The number of aromatic nitrogens is 1. The fraction of sp³-hybridized carbons (Fsp3) is 0.533. The average molecular weight is 292 g/mol. The van der Waals surface area contributed by atoms with Crippen LogP contribution in [0.3, 0.4) is 0 Å². The van der Waals surface area contributed by atoms with Crippen molar-refractivity contribution in [3.8, 4) is 0 Å². The Labute approximate surface area is 123 Å². The average Bonchev–Trinajstić information content (AvgIpc) is 2.92. The standard InChI is InChI=1S/C15H20N2O4/c1-10(2)21-9-12-4-3-7-17(12)14(18)13-8-11(15(19)20)5-6-16-13/h5-6,8,10,12H,3-4,7,9H2,1-2H3,(H,19,20). The molecule has 2 heterocycles. The summed E-state index contributed by atoms with van der Waals surface area (Å²) in [5.41, 5.74) is 0.244. The van der Waals surface area contributed by atoms with E-state index in [1.165, 1.54) is 18.3 Å². The molecule has 1 amide bonds. The van der Waals surface area contributed by atoms with E-state index in [2.05, 4.69) is 4.98 Å². The first kappa shape index (κ1) is 15.4. The molecule has 0 radical (unpaired) electrons. The Bertz CT molecular complexity index is 530. The fourth-order valence-corrected chi connectivity index (χ4v) is 2.41. The third-order valence-corrected chi connectivity index (χ3v) is 3.49. The number of hydrogen-bond donors (Lipinski definition) is 1. The van der Waals surface area contributed by atoms with Crippen molar-refractivity contribution in [1.29, 1.82) is 0 Å². The molecule has 6 nitrogen and oxygen atoms in total. The number of carboxylic acid groups (broad SMARTS) is 1. The summed E-state index contributed by atoms with van der Waals surface area (Å²) in [6.07, 6.45) is 3.30. The number of ether oxygens (including phenoxy) is 1. The predicted octanol–water partition coefficient (Wildman–Crippen LogP) is 1.81. The molecule has 1 N–H and O–H groups in total. The maximum Gasteiger partial charge on any atom is 0.335 e. The minimum atomic E-state index is -1.06. The van der Waals surface area contributed by atoms with Gasteiger partial charge in [0, 0.05) is 12.7 Å². The van der Waals surface area contributed by atoms with Gasteiger partial charge in [-0.15, -0.1) is 0 Å². The first-order valence-electron chi connectivity index (χ1n) is 7.11. The zero-order valence-electron chi connectivity index (χ0n) is 12.3. The van der Waals surface area contributed by atoms with Crippen LogP contribution in [-0.2, 0) is 4.74 Å². The van der Waals surface area contributed by atoms with Gasteiger partial charge >= 0.3 is 5.97 Å². The lowest BCUT2D eigenvalue weighted by Crippen LogP contribution is -2.39. The fourth-order valence-electron chi connectivity index (χ4n) is 2.41. The van der Waals surface area contributed by atoms with Gasteiger partial charge in [-0.05, 0) is 38.8 Å². The highest BCUT2D eigenvalue weighted by Crippen LogP contribution is 2.20. The van der Waals surface area contributed by atoms with Crippen LogP contribution in [0.25, 0.3) is 0 Å². The van der Waals surface area contributed by atoms with Crippen LogP contribution >= 0.6 is 0 Å². The quantitative estimate of drug-likeness (QED) is 0.895. The van der Waals surface area contributed by atoms with Crippen molar-refractivity contribution in [3.05, 3.63) is 29.6 Å². The van der Waals surface area contributed by atoms with Gasteiger partial charge in [0.2, 0.25) is 0 Å². The lowest BCUT2D eigenvalue weighted by atomic mass is 10.2. The molecule has 1 saturated heterocycles. The number of carboxylic acids is 1. The Hall–Kier alpha value is -1.95. The predicted molar refractivity (Wildman–Crippen MR) is 76.3 cm³/mol. The van der Waals surface area contributed by atoms with Crippen molar-refractivity contribution in [1.82, 2.24) is 9.88 Å². The van der Waals surface area contributed by atoms with Crippen molar-refractivity contribution >= 4 is 11.9 Å². The summed E-state index contributed by atoms with van der Waals surface area (Å²) in [6, 6.07) is 2.74. The molecule has 0 saturated carbocycles. The molecule has 1 aromatic heterocycles. The molecule has 0 bridgehead atoms. The Balaban J connectivity index is 2.11. The Morgan fingerprint density at radius 3 is 2.95 bits per heavy atom. The molecule has 1 aliphatic rings. The Morgan fingerprint density at radius 1 is 1.52 bits per heavy atom. The minimum Gasteiger partial charge on any atom is -0.478 e. The van der Waals surface area contributed by atoms with Gasteiger partial charge in [-0.25, -0.2) is 4.79 Å². The molecule has 0 aliphatic carbocycles. The third-order valence-electron chi connectivity index (χ3n) is 3.49. The summed E-state index contributed by atoms with van der Waals surface area (Å²) in [6.45, 7) is 5.07. The van der Waals surface area contributed by atoms with Gasteiger partial charge in [-0.3, -0.25) is 9.78 Å². The molecule has 1 atom stereocenters. The number of aromatic carboxylic acids is 1. The van der Waals surface area contributed by atoms with Gasteiger partial charge in [0.15, 0.2) is 0 Å². The zero-order valence-corrected chi connectivity index (χ0v) is 12.3. The number of amides is 1. The Kier molecular flexibility index (Phi) is 4.90. The molecular weight excluding hydrogens is 272 g/mol. The van der Waals surface area contributed by atoms with Gasteiger partial charge in [-0.1, -0.05) is 0 Å². The molecule has 1 aromatic rings. The van der Waals surface area contributed by atoms with Crippen molar-refractivity contribution in [2.24, 2.45) is 0 Å². The molecule has 114 valence electrons. The maximum absolute atomic E-state index is 12.5. The van der Waals surface area contributed by atoms with Crippen LogP contribution in [-0.4, -0.2) is 52.2 Å². The second-order valence-electron chi connectivity index (χ2n) is 5.41. The minimum absolute atomic E-state index is 0.0372. The van der Waals surface area contributed by atoms with E-state index in [-0.39, 0.29) is 29.3 Å². The molecule has 2 rings (SSSR count). The number of hydrogen-bond acceptors (Lipinski definition) is 4. The van der Waals surface area contributed by atoms with E-state index in [0.29, 0.717) is 13.2 Å². The van der Waals surface area contributed by atoms with Crippen molar-refractivity contribution in [2.45, 2.75) is 38.8 Å². The topological polar surface area (TPSA) is 79.7 Å². The van der Waals surface area contributed by atoms with Crippen LogP contribution in [0.5, 0.6) is 0 Å². The van der Waals surface area contributed by atoms with Gasteiger partial charge in [0.1, 0.15) is 5.69 Å². The molecule has 1 fully saturated rings. The molecular formula is C15H20N2O4. The van der Waals surface area contributed by atoms with Crippen LogP contribution in [0.4, 0.5) is 0 Å². The highest BCUT2D eigenvalue weighted by Gasteiger charge is 2.30. The van der Waals surface area contributed by atoms with Crippen LogP contribution in [0.2, 0.25) is 0 Å². The van der Waals surface area contributed by atoms with Gasteiger partial charge in [0.05, 0.1) is 24.3 Å². The van der Waals surface area contributed by atoms with E-state index in [4.69, 9.17) is 9.84 Å². The monoisotopic (exact) mass is 292 g/mol. The highest BCUT2D eigenvalue weighted by atomic mass is 16.5. The smallest absolute Gasteiger partial charge is 0.335 e. The largest absolute Gasteiger partial charge is 0.478 e. The molecule has 1 unspecified atom stereocenters. The van der Waals surface area contributed by atoms with E-state index in [1.807, 2.05) is 13.8 Å². The number of rotatable bonds is 5. The highest BCUT2D eigenvalue weighted by molar-refractivity contribution is 5.96. The van der Waals surface area contributed by atoms with Crippen LogP contribution in [0.15, 0.2) is 18.3 Å². The van der Waals surface area contributed by atoms with E-state index in [1.54, 1.807) is 4.90 Å². The molecule has 0 spiro atoms. The number of carbonyl (C=O) groups is 2. The first-order chi connectivity index (χ1) is 9.99. The van der Waals surface area contributed by atoms with Crippen LogP contribution < -0.4 is 0 Å². The van der Waals surface area contributed by atoms with Crippen LogP contribution in [0, 0.1) is 0 Å². The summed E-state index contributed by atoms with van der Waals surface area (Å²) < 4.78 is 5.60. The number of likely N-dealkylation sites (tertiary alicyclic amines) is 1. The van der Waals surface area contributed by atoms with Gasteiger partial charge < -0.3 is 14.7 Å². The summed E-state index contributed by atoms with van der Waals surface area (Å²) in [4.78, 5) is 29.2. The van der Waals surface area contributed by atoms with Crippen molar-refractivity contribution < 1.29 is 19.4 Å². The number of carbonyl (C=O) groups excluding carboxylic acids is 1. The number of nitrogens with zero attached hydrogens (tertiary/aromatic N) is 2. The molecule has 6 heteroatoms. The van der Waals surface area contributed by atoms with E-state index >= 15 is 0 Å². The van der Waals surface area contributed by atoms with Crippen LogP contribution in [0.1, 0.15) is 47.5 Å². The maximum atomic E-state index is 12.5.